The molecule has 6 nitrogen and oxygen atoms in total. The Hall–Kier alpha value is -1.44. The third-order valence-electron chi connectivity index (χ3n) is 6.15. The van der Waals surface area contributed by atoms with Crippen LogP contribution in [0.25, 0.3) is 0 Å². The molecule has 3 aliphatic rings. The molecule has 27 heavy (non-hydrogen) atoms. The molecule has 148 valence electrons. The Morgan fingerprint density at radius 1 is 0.963 bits per heavy atom. The standard InChI is InChI=1S/C21H34N6/c22-16-19(17-23)21(24-9-7-14-25-10-2-1-3-11-25)27-15-6-8-20(27)18-26-12-4-5-13-26/h6,8,19-21,24H,1-5,7,9-15,18H2/t20-,21?/m0/s1. The summed E-state index contributed by atoms with van der Waals surface area (Å²) in [5, 5.41) is 22.6. The number of rotatable bonds is 9. The van der Waals surface area contributed by atoms with E-state index in [4.69, 9.17) is 0 Å². The van der Waals surface area contributed by atoms with Crippen LogP contribution in [0.2, 0.25) is 0 Å². The fraction of sp³-hybridized carbons (Fsp3) is 0.810. The van der Waals surface area contributed by atoms with Gasteiger partial charge >= 0.3 is 0 Å². The van der Waals surface area contributed by atoms with Crippen molar-refractivity contribution in [2.45, 2.75) is 50.7 Å². The van der Waals surface area contributed by atoms with Crippen LogP contribution in [-0.2, 0) is 0 Å². The molecule has 0 bridgehead atoms. The minimum atomic E-state index is -0.638. The monoisotopic (exact) mass is 370 g/mol. The van der Waals surface area contributed by atoms with E-state index in [0.717, 1.165) is 32.6 Å². The highest BCUT2D eigenvalue weighted by Crippen LogP contribution is 2.20. The van der Waals surface area contributed by atoms with Crippen molar-refractivity contribution in [2.24, 2.45) is 5.92 Å². The highest BCUT2D eigenvalue weighted by atomic mass is 15.3. The van der Waals surface area contributed by atoms with Crippen LogP contribution in [0.1, 0.15) is 38.5 Å². The molecule has 0 aromatic heterocycles. The topological polar surface area (TPSA) is 69.3 Å². The molecule has 1 unspecified atom stereocenters. The number of nitrogens with zero attached hydrogens (tertiary/aromatic N) is 5. The number of hydrogen-bond donors (Lipinski definition) is 1. The first-order valence-electron chi connectivity index (χ1n) is 10.7. The maximum Gasteiger partial charge on any atom is 0.161 e. The van der Waals surface area contributed by atoms with Gasteiger partial charge in [0.1, 0.15) is 0 Å². The highest BCUT2D eigenvalue weighted by Gasteiger charge is 2.34. The molecule has 0 aromatic rings. The zero-order valence-corrected chi connectivity index (χ0v) is 16.5. The maximum absolute atomic E-state index is 9.51. The number of likely N-dealkylation sites (tertiary alicyclic amines) is 2. The molecule has 2 atom stereocenters. The van der Waals surface area contributed by atoms with E-state index in [-0.39, 0.29) is 6.17 Å². The number of nitrogens with one attached hydrogen (secondary N) is 1. The minimum Gasteiger partial charge on any atom is -0.303 e. The Balaban J connectivity index is 1.52. The molecule has 0 spiro atoms. The molecule has 3 aliphatic heterocycles. The maximum atomic E-state index is 9.51. The molecular formula is C21H34N6. The summed E-state index contributed by atoms with van der Waals surface area (Å²) in [6.45, 7) is 8.58. The average molecular weight is 371 g/mol. The summed E-state index contributed by atoms with van der Waals surface area (Å²) in [5.74, 6) is -0.638. The smallest absolute Gasteiger partial charge is 0.161 e. The molecule has 3 rings (SSSR count). The normalized spacial score (nSPS) is 25.7. The lowest BCUT2D eigenvalue weighted by atomic mass is 10.1. The molecule has 0 radical (unpaired) electrons. The predicted octanol–water partition coefficient (Wildman–Crippen LogP) is 1.78. The molecule has 0 aromatic carbocycles. The number of piperidine rings is 1. The van der Waals surface area contributed by atoms with Crippen LogP contribution in [0.5, 0.6) is 0 Å². The summed E-state index contributed by atoms with van der Waals surface area (Å²) in [6, 6.07) is 4.73. The quantitative estimate of drug-likeness (QED) is 0.493. The van der Waals surface area contributed by atoms with Crippen LogP contribution in [0, 0.1) is 28.6 Å². The predicted molar refractivity (Wildman–Crippen MR) is 107 cm³/mol. The molecule has 2 fully saturated rings. The van der Waals surface area contributed by atoms with Crippen molar-refractivity contribution in [3.8, 4) is 12.1 Å². The highest BCUT2D eigenvalue weighted by molar-refractivity contribution is 5.12. The van der Waals surface area contributed by atoms with Crippen molar-refractivity contribution in [1.29, 1.82) is 10.5 Å². The van der Waals surface area contributed by atoms with E-state index in [2.05, 4.69) is 44.3 Å². The molecular weight excluding hydrogens is 336 g/mol. The Morgan fingerprint density at radius 3 is 2.33 bits per heavy atom. The van der Waals surface area contributed by atoms with Gasteiger partial charge in [0, 0.05) is 19.1 Å². The molecule has 2 saturated heterocycles. The van der Waals surface area contributed by atoms with Gasteiger partial charge in [-0.15, -0.1) is 0 Å². The second-order valence-corrected chi connectivity index (χ2v) is 8.09. The summed E-state index contributed by atoms with van der Waals surface area (Å²) >= 11 is 0. The van der Waals surface area contributed by atoms with Crippen molar-refractivity contribution in [2.75, 3.05) is 52.4 Å². The van der Waals surface area contributed by atoms with Gasteiger partial charge in [-0.05, 0) is 71.4 Å². The van der Waals surface area contributed by atoms with Gasteiger partial charge in [0.05, 0.1) is 18.3 Å². The molecule has 0 aliphatic carbocycles. The minimum absolute atomic E-state index is 0.191. The Labute approximate surface area is 164 Å². The van der Waals surface area contributed by atoms with Crippen LogP contribution in [0.3, 0.4) is 0 Å². The lowest BCUT2D eigenvalue weighted by molar-refractivity contribution is 0.118. The van der Waals surface area contributed by atoms with Crippen molar-refractivity contribution in [3.63, 3.8) is 0 Å². The third-order valence-corrected chi connectivity index (χ3v) is 6.15. The lowest BCUT2D eigenvalue weighted by Crippen LogP contribution is -2.54. The Bertz CT molecular complexity index is 536. The summed E-state index contributed by atoms with van der Waals surface area (Å²) in [4.78, 5) is 7.37. The van der Waals surface area contributed by atoms with Gasteiger partial charge in [0.2, 0.25) is 0 Å². The SMILES string of the molecule is N#CC(C#N)C(NCCCN1CCCCC1)N1CC=C[C@H]1CN1CCCC1. The van der Waals surface area contributed by atoms with Crippen LogP contribution in [-0.4, -0.2) is 79.3 Å². The van der Waals surface area contributed by atoms with Gasteiger partial charge in [-0.3, -0.25) is 10.2 Å². The van der Waals surface area contributed by atoms with Crippen molar-refractivity contribution in [1.82, 2.24) is 20.0 Å². The van der Waals surface area contributed by atoms with Crippen molar-refractivity contribution >= 4 is 0 Å². The summed E-state index contributed by atoms with van der Waals surface area (Å²) in [5.41, 5.74) is 0. The first kappa shape index (κ1) is 20.3. The van der Waals surface area contributed by atoms with E-state index >= 15 is 0 Å². The lowest BCUT2D eigenvalue weighted by Gasteiger charge is -2.36. The molecule has 1 N–H and O–H groups in total. The fourth-order valence-electron chi connectivity index (χ4n) is 4.63. The van der Waals surface area contributed by atoms with E-state index < -0.39 is 5.92 Å². The van der Waals surface area contributed by atoms with Gasteiger partial charge in [-0.1, -0.05) is 18.6 Å². The first-order chi connectivity index (χ1) is 13.3. The number of nitriles is 2. The second kappa shape index (κ2) is 10.8. The molecule has 0 saturated carbocycles. The first-order valence-corrected chi connectivity index (χ1v) is 10.7. The van der Waals surface area contributed by atoms with Gasteiger partial charge in [0.25, 0.3) is 0 Å². The van der Waals surface area contributed by atoms with Crippen LogP contribution >= 0.6 is 0 Å². The number of hydrogen-bond acceptors (Lipinski definition) is 6. The fourth-order valence-corrected chi connectivity index (χ4v) is 4.63. The van der Waals surface area contributed by atoms with Gasteiger partial charge in [0.15, 0.2) is 5.92 Å². The third kappa shape index (κ3) is 5.77. The molecule has 0 amide bonds. The van der Waals surface area contributed by atoms with Crippen LogP contribution < -0.4 is 5.32 Å². The molecule has 6 heteroatoms. The second-order valence-electron chi connectivity index (χ2n) is 8.09. The van der Waals surface area contributed by atoms with E-state index in [9.17, 15) is 10.5 Å². The van der Waals surface area contributed by atoms with E-state index in [0.29, 0.717) is 6.04 Å². The van der Waals surface area contributed by atoms with E-state index in [1.165, 1.54) is 58.3 Å². The molecule has 3 heterocycles. The van der Waals surface area contributed by atoms with E-state index in [1.807, 2.05) is 0 Å². The van der Waals surface area contributed by atoms with E-state index in [1.54, 1.807) is 0 Å². The zero-order valence-electron chi connectivity index (χ0n) is 16.5. The summed E-state index contributed by atoms with van der Waals surface area (Å²) in [7, 11) is 0. The van der Waals surface area contributed by atoms with Crippen molar-refractivity contribution < 1.29 is 0 Å². The van der Waals surface area contributed by atoms with Crippen molar-refractivity contribution in [3.05, 3.63) is 12.2 Å². The van der Waals surface area contributed by atoms with Gasteiger partial charge in [-0.2, -0.15) is 10.5 Å². The van der Waals surface area contributed by atoms with Gasteiger partial charge in [-0.25, -0.2) is 0 Å². The largest absolute Gasteiger partial charge is 0.303 e. The Kier molecular flexibility index (Phi) is 8.10. The zero-order chi connectivity index (χ0) is 18.9. The Morgan fingerprint density at radius 2 is 1.63 bits per heavy atom. The summed E-state index contributed by atoms with van der Waals surface area (Å²) in [6.07, 6.45) is 11.9. The van der Waals surface area contributed by atoms with Crippen LogP contribution in [0.4, 0.5) is 0 Å². The average Bonchev–Trinajstić information content (AvgIpc) is 3.38. The van der Waals surface area contributed by atoms with Crippen LogP contribution in [0.15, 0.2) is 12.2 Å². The van der Waals surface area contributed by atoms with Gasteiger partial charge < -0.3 is 9.80 Å². The summed E-state index contributed by atoms with van der Waals surface area (Å²) < 4.78 is 0.